The van der Waals surface area contributed by atoms with E-state index in [1.807, 2.05) is 6.92 Å². The standard InChI is InChI=1S/C21H15NO6/c1-13-7-9-14(10-8-13)19(24)16-11-17(22(26)27)20(18(23)12-16)28-21(25)15-5-3-2-4-6-15/h2-12,23H,1H3. The molecule has 0 fully saturated rings. The van der Waals surface area contributed by atoms with Gasteiger partial charge in [0.1, 0.15) is 0 Å². The van der Waals surface area contributed by atoms with Crippen LogP contribution in [0.25, 0.3) is 0 Å². The smallest absolute Gasteiger partial charge is 0.343 e. The molecule has 3 aromatic rings. The molecule has 3 rings (SSSR count). The number of benzene rings is 3. The first-order chi connectivity index (χ1) is 13.4. The van der Waals surface area contributed by atoms with Crippen LogP contribution >= 0.6 is 0 Å². The second kappa shape index (κ2) is 7.71. The first-order valence-electron chi connectivity index (χ1n) is 8.27. The molecule has 0 aliphatic heterocycles. The molecule has 0 amide bonds. The lowest BCUT2D eigenvalue weighted by Crippen LogP contribution is -2.11. The van der Waals surface area contributed by atoms with E-state index in [0.717, 1.165) is 17.7 Å². The van der Waals surface area contributed by atoms with Crippen molar-refractivity contribution in [3.8, 4) is 11.5 Å². The molecule has 7 heteroatoms. The molecule has 3 aromatic carbocycles. The fourth-order valence-corrected chi connectivity index (χ4v) is 2.57. The van der Waals surface area contributed by atoms with Gasteiger partial charge in [0.15, 0.2) is 11.5 Å². The molecule has 140 valence electrons. The number of aryl methyl sites for hydroxylation is 1. The molecule has 0 aliphatic rings. The molecule has 0 saturated carbocycles. The van der Waals surface area contributed by atoms with E-state index >= 15 is 0 Å². The maximum atomic E-state index is 12.6. The van der Waals surface area contributed by atoms with Gasteiger partial charge in [0.2, 0.25) is 5.75 Å². The minimum atomic E-state index is -0.864. The number of rotatable bonds is 5. The molecule has 7 nitrogen and oxygen atoms in total. The average molecular weight is 377 g/mol. The first kappa shape index (κ1) is 18.8. The summed E-state index contributed by atoms with van der Waals surface area (Å²) in [4.78, 5) is 35.4. The Hall–Kier alpha value is -4.00. The van der Waals surface area contributed by atoms with Crippen molar-refractivity contribution < 1.29 is 24.4 Å². The van der Waals surface area contributed by atoms with E-state index in [9.17, 15) is 24.8 Å². The number of nitro benzene ring substituents is 1. The largest absolute Gasteiger partial charge is 0.504 e. The number of hydrogen-bond donors (Lipinski definition) is 1. The van der Waals surface area contributed by atoms with Crippen LogP contribution in [0, 0.1) is 17.0 Å². The summed E-state index contributed by atoms with van der Waals surface area (Å²) in [6.07, 6.45) is 0. The SMILES string of the molecule is Cc1ccc(C(=O)c2cc(O)c(OC(=O)c3ccccc3)c([N+](=O)[O-])c2)cc1. The molecule has 0 heterocycles. The van der Waals surface area contributed by atoms with Gasteiger partial charge in [0, 0.05) is 17.2 Å². The third-order valence-corrected chi connectivity index (χ3v) is 4.03. The highest BCUT2D eigenvalue weighted by atomic mass is 16.6. The van der Waals surface area contributed by atoms with Crippen LogP contribution in [0.1, 0.15) is 31.8 Å². The van der Waals surface area contributed by atoms with Crippen molar-refractivity contribution in [2.45, 2.75) is 6.92 Å². The van der Waals surface area contributed by atoms with Crippen molar-refractivity contribution in [1.29, 1.82) is 0 Å². The quantitative estimate of drug-likeness (QED) is 0.236. The number of carbonyl (C=O) groups is 2. The number of aromatic hydroxyl groups is 1. The number of nitro groups is 1. The molecular weight excluding hydrogens is 362 g/mol. The van der Waals surface area contributed by atoms with Gasteiger partial charge in [-0.2, -0.15) is 0 Å². The maximum absolute atomic E-state index is 12.6. The summed E-state index contributed by atoms with van der Waals surface area (Å²) in [5.41, 5.74) is 0.658. The monoisotopic (exact) mass is 377 g/mol. The number of carbonyl (C=O) groups excluding carboxylic acids is 2. The number of ether oxygens (including phenoxy) is 1. The Morgan fingerprint density at radius 3 is 2.18 bits per heavy atom. The van der Waals surface area contributed by atoms with Gasteiger partial charge in [-0.1, -0.05) is 48.0 Å². The number of nitrogens with zero attached hydrogens (tertiary/aromatic N) is 1. The third kappa shape index (κ3) is 3.88. The zero-order chi connectivity index (χ0) is 20.3. The van der Waals surface area contributed by atoms with E-state index in [1.165, 1.54) is 12.1 Å². The molecule has 0 atom stereocenters. The Balaban J connectivity index is 1.99. The lowest BCUT2D eigenvalue weighted by Gasteiger charge is -2.09. The molecule has 0 aliphatic carbocycles. The lowest BCUT2D eigenvalue weighted by molar-refractivity contribution is -0.385. The lowest BCUT2D eigenvalue weighted by atomic mass is 10.0. The van der Waals surface area contributed by atoms with Crippen LogP contribution in [-0.4, -0.2) is 21.8 Å². The average Bonchev–Trinajstić information content (AvgIpc) is 2.69. The summed E-state index contributed by atoms with van der Waals surface area (Å²) >= 11 is 0. The van der Waals surface area contributed by atoms with E-state index in [-0.39, 0.29) is 11.1 Å². The molecule has 28 heavy (non-hydrogen) atoms. The number of phenols is 1. The molecule has 1 N–H and O–H groups in total. The molecule has 0 radical (unpaired) electrons. The summed E-state index contributed by atoms with van der Waals surface area (Å²) in [7, 11) is 0. The number of ketones is 1. The summed E-state index contributed by atoms with van der Waals surface area (Å²) in [5, 5.41) is 21.7. The maximum Gasteiger partial charge on any atom is 0.343 e. The topological polar surface area (TPSA) is 107 Å². The van der Waals surface area contributed by atoms with Gasteiger partial charge in [0.05, 0.1) is 10.5 Å². The van der Waals surface area contributed by atoms with Gasteiger partial charge in [-0.05, 0) is 25.1 Å². The van der Waals surface area contributed by atoms with Gasteiger partial charge < -0.3 is 9.84 Å². The van der Waals surface area contributed by atoms with Crippen molar-refractivity contribution in [2.24, 2.45) is 0 Å². The molecule has 0 aromatic heterocycles. The van der Waals surface area contributed by atoms with Gasteiger partial charge in [-0.3, -0.25) is 14.9 Å². The predicted octanol–water partition coefficient (Wildman–Crippen LogP) is 4.06. The Kier molecular flexibility index (Phi) is 5.17. The summed E-state index contributed by atoms with van der Waals surface area (Å²) < 4.78 is 5.04. The van der Waals surface area contributed by atoms with E-state index < -0.39 is 33.9 Å². The number of esters is 1. The Morgan fingerprint density at radius 2 is 1.57 bits per heavy atom. The highest BCUT2D eigenvalue weighted by molar-refractivity contribution is 6.10. The van der Waals surface area contributed by atoms with Gasteiger partial charge in [-0.25, -0.2) is 4.79 Å². The van der Waals surface area contributed by atoms with Crippen molar-refractivity contribution in [1.82, 2.24) is 0 Å². The zero-order valence-corrected chi connectivity index (χ0v) is 14.8. The Bertz CT molecular complexity index is 1060. The summed E-state index contributed by atoms with van der Waals surface area (Å²) in [5.74, 6) is -2.65. The normalized spacial score (nSPS) is 10.3. The second-order valence-corrected chi connectivity index (χ2v) is 6.05. The van der Waals surface area contributed by atoms with Crippen LogP contribution in [0.5, 0.6) is 11.5 Å². The minimum absolute atomic E-state index is 0.0902. The van der Waals surface area contributed by atoms with Gasteiger partial charge in [-0.15, -0.1) is 0 Å². The van der Waals surface area contributed by atoms with E-state index in [0.29, 0.717) is 5.56 Å². The highest BCUT2D eigenvalue weighted by Crippen LogP contribution is 2.38. The molecular formula is C21H15NO6. The molecule has 0 unspecified atom stereocenters. The Morgan fingerprint density at radius 1 is 0.929 bits per heavy atom. The fourth-order valence-electron chi connectivity index (χ4n) is 2.57. The van der Waals surface area contributed by atoms with Crippen LogP contribution in [0.4, 0.5) is 5.69 Å². The molecule has 0 spiro atoms. The predicted molar refractivity (Wildman–Crippen MR) is 101 cm³/mol. The minimum Gasteiger partial charge on any atom is -0.504 e. The van der Waals surface area contributed by atoms with Crippen molar-refractivity contribution in [3.63, 3.8) is 0 Å². The van der Waals surface area contributed by atoms with Crippen molar-refractivity contribution in [2.75, 3.05) is 0 Å². The van der Waals surface area contributed by atoms with Crippen molar-refractivity contribution in [3.05, 3.63) is 99.1 Å². The van der Waals surface area contributed by atoms with Crippen LogP contribution in [0.15, 0.2) is 66.7 Å². The highest BCUT2D eigenvalue weighted by Gasteiger charge is 2.26. The van der Waals surface area contributed by atoms with Crippen LogP contribution in [-0.2, 0) is 0 Å². The Labute approximate surface area is 160 Å². The fraction of sp³-hybridized carbons (Fsp3) is 0.0476. The summed E-state index contributed by atoms with van der Waals surface area (Å²) in [6, 6.07) is 16.5. The zero-order valence-electron chi connectivity index (χ0n) is 14.8. The molecule has 0 saturated heterocycles. The number of phenolic OH excluding ortho intramolecular Hbond substituents is 1. The van der Waals surface area contributed by atoms with E-state index in [4.69, 9.17) is 4.74 Å². The van der Waals surface area contributed by atoms with Gasteiger partial charge in [0.25, 0.3) is 0 Å². The first-order valence-corrected chi connectivity index (χ1v) is 8.27. The van der Waals surface area contributed by atoms with Crippen LogP contribution in [0.2, 0.25) is 0 Å². The van der Waals surface area contributed by atoms with E-state index in [2.05, 4.69) is 0 Å². The third-order valence-electron chi connectivity index (χ3n) is 4.03. The summed E-state index contributed by atoms with van der Waals surface area (Å²) in [6.45, 7) is 1.86. The van der Waals surface area contributed by atoms with Crippen LogP contribution < -0.4 is 4.74 Å². The molecule has 0 bridgehead atoms. The van der Waals surface area contributed by atoms with Crippen LogP contribution in [0.3, 0.4) is 0 Å². The van der Waals surface area contributed by atoms with Gasteiger partial charge >= 0.3 is 11.7 Å². The second-order valence-electron chi connectivity index (χ2n) is 6.05. The number of hydrogen-bond acceptors (Lipinski definition) is 6. The van der Waals surface area contributed by atoms with E-state index in [1.54, 1.807) is 42.5 Å². The van der Waals surface area contributed by atoms with Crippen molar-refractivity contribution >= 4 is 17.4 Å².